The number of aromatic nitrogens is 2. The Bertz CT molecular complexity index is 1200. The van der Waals surface area contributed by atoms with E-state index in [2.05, 4.69) is 36.8 Å². The summed E-state index contributed by atoms with van der Waals surface area (Å²) in [4.78, 5) is 23.5. The van der Waals surface area contributed by atoms with Crippen LogP contribution < -0.4 is 0 Å². The molecule has 198 valence electrons. The minimum Gasteiger partial charge on any atom is -0.458 e. The lowest BCUT2D eigenvalue weighted by Gasteiger charge is -2.47. The van der Waals surface area contributed by atoms with Gasteiger partial charge in [-0.25, -0.2) is 9.37 Å². The Balaban J connectivity index is 1.26. The summed E-state index contributed by atoms with van der Waals surface area (Å²) in [5.74, 6) is 1.60. The molecule has 0 bridgehead atoms. The third-order valence-corrected chi connectivity index (χ3v) is 8.27. The van der Waals surface area contributed by atoms with Crippen LogP contribution >= 0.6 is 0 Å². The highest BCUT2D eigenvalue weighted by atomic mass is 19.1. The molecule has 37 heavy (non-hydrogen) atoms. The molecule has 1 N–H and O–H groups in total. The Morgan fingerprint density at radius 3 is 2.78 bits per heavy atom. The summed E-state index contributed by atoms with van der Waals surface area (Å²) in [5, 5.41) is 0. The maximum atomic E-state index is 14.0. The van der Waals surface area contributed by atoms with E-state index in [4.69, 9.17) is 9.72 Å². The van der Waals surface area contributed by atoms with Crippen molar-refractivity contribution >= 4 is 17.0 Å². The van der Waals surface area contributed by atoms with E-state index in [1.54, 1.807) is 12.1 Å². The lowest BCUT2D eigenvalue weighted by Crippen LogP contribution is -2.48. The number of fused-ring (bicyclic) bond motifs is 2. The van der Waals surface area contributed by atoms with Gasteiger partial charge in [0.05, 0.1) is 11.0 Å². The van der Waals surface area contributed by atoms with Gasteiger partial charge in [-0.15, -0.1) is 0 Å². The highest BCUT2D eigenvalue weighted by molar-refractivity contribution is 5.74. The highest BCUT2D eigenvalue weighted by Crippen LogP contribution is 2.48. The standard InChI is InChI=1S/C31H40FN3O2/c1-21(2)30-25-13-12-24(32)20-23(25)14-15-31(30,37-29(36)19-22-10-11-22)16-18-35(3)17-6-9-28-33-26-7-4-5-8-27(26)34-28/h4-5,7-8,12-13,20-22,30H,6,9-11,14-19H2,1-3H3,(H,33,34)/t30-,31-/m0/s1. The van der Waals surface area contributed by atoms with Crippen molar-refractivity contribution in [3.63, 3.8) is 0 Å². The van der Waals surface area contributed by atoms with Gasteiger partial charge in [0, 0.05) is 31.7 Å². The fourth-order valence-electron chi connectivity index (χ4n) is 6.25. The molecule has 2 aliphatic rings. The summed E-state index contributed by atoms with van der Waals surface area (Å²) >= 11 is 0. The Kier molecular flexibility index (Phi) is 7.66. The average Bonchev–Trinajstić information content (AvgIpc) is 3.57. The van der Waals surface area contributed by atoms with Gasteiger partial charge in [0.2, 0.25) is 0 Å². The maximum absolute atomic E-state index is 14.0. The van der Waals surface area contributed by atoms with Crippen LogP contribution in [0.2, 0.25) is 0 Å². The summed E-state index contributed by atoms with van der Waals surface area (Å²) in [6.07, 6.45) is 6.95. The van der Waals surface area contributed by atoms with Gasteiger partial charge in [0.1, 0.15) is 17.2 Å². The number of hydrogen-bond donors (Lipinski definition) is 1. The van der Waals surface area contributed by atoms with Gasteiger partial charge < -0.3 is 14.6 Å². The normalized spacial score (nSPS) is 21.5. The second-order valence-corrected chi connectivity index (χ2v) is 11.6. The number of carbonyl (C=O) groups excluding carboxylic acids is 1. The van der Waals surface area contributed by atoms with Crippen LogP contribution in [-0.2, 0) is 22.4 Å². The van der Waals surface area contributed by atoms with Crippen LogP contribution in [0.15, 0.2) is 42.5 Å². The van der Waals surface area contributed by atoms with Crippen LogP contribution in [0.4, 0.5) is 4.39 Å². The number of para-hydroxylation sites is 2. The van der Waals surface area contributed by atoms with Crippen molar-refractivity contribution in [3.8, 4) is 0 Å². The third kappa shape index (κ3) is 6.06. The number of esters is 1. The lowest BCUT2D eigenvalue weighted by molar-refractivity contribution is -0.168. The number of hydrogen-bond acceptors (Lipinski definition) is 4. The smallest absolute Gasteiger partial charge is 0.306 e. The number of nitrogens with one attached hydrogen (secondary N) is 1. The lowest BCUT2D eigenvalue weighted by atomic mass is 9.65. The number of imidazole rings is 1. The largest absolute Gasteiger partial charge is 0.458 e. The second-order valence-electron chi connectivity index (χ2n) is 11.6. The molecule has 1 fully saturated rings. The van der Waals surface area contributed by atoms with E-state index in [0.29, 0.717) is 12.3 Å². The first-order chi connectivity index (χ1) is 17.8. The molecule has 5 rings (SSSR count). The molecule has 0 spiro atoms. The number of aryl methyl sites for hydroxylation is 2. The summed E-state index contributed by atoms with van der Waals surface area (Å²) < 4.78 is 20.5. The van der Waals surface area contributed by atoms with Crippen LogP contribution in [0.1, 0.15) is 75.2 Å². The number of H-pyrrole nitrogens is 1. The average molecular weight is 506 g/mol. The van der Waals surface area contributed by atoms with Gasteiger partial charge >= 0.3 is 5.97 Å². The first kappa shape index (κ1) is 25.9. The van der Waals surface area contributed by atoms with Crippen LogP contribution in [0.3, 0.4) is 0 Å². The number of halogens is 1. The molecular formula is C31H40FN3O2. The highest BCUT2D eigenvalue weighted by Gasteiger charge is 2.48. The van der Waals surface area contributed by atoms with E-state index in [0.717, 1.165) is 86.0 Å². The second kappa shape index (κ2) is 10.9. The quantitative estimate of drug-likeness (QED) is 0.305. The Morgan fingerprint density at radius 2 is 2.03 bits per heavy atom. The first-order valence-electron chi connectivity index (χ1n) is 14.0. The Morgan fingerprint density at radius 1 is 1.22 bits per heavy atom. The topological polar surface area (TPSA) is 58.2 Å². The predicted molar refractivity (Wildman–Crippen MR) is 145 cm³/mol. The fourth-order valence-corrected chi connectivity index (χ4v) is 6.25. The minimum absolute atomic E-state index is 0.0592. The molecule has 1 saturated carbocycles. The summed E-state index contributed by atoms with van der Waals surface area (Å²) in [5.41, 5.74) is 3.75. The number of nitrogens with zero attached hydrogens (tertiary/aromatic N) is 2. The van der Waals surface area contributed by atoms with Crippen LogP contribution in [0.25, 0.3) is 11.0 Å². The van der Waals surface area contributed by atoms with E-state index in [9.17, 15) is 9.18 Å². The summed E-state index contributed by atoms with van der Waals surface area (Å²) in [6, 6.07) is 13.3. The maximum Gasteiger partial charge on any atom is 0.306 e. The van der Waals surface area contributed by atoms with Crippen molar-refractivity contribution in [1.82, 2.24) is 14.9 Å². The molecular weight excluding hydrogens is 465 g/mol. The summed E-state index contributed by atoms with van der Waals surface area (Å²) in [7, 11) is 2.15. The predicted octanol–water partition coefficient (Wildman–Crippen LogP) is 6.42. The molecule has 1 heterocycles. The SMILES string of the molecule is CC(C)[C@H]1c2ccc(F)cc2CC[C@@]1(CCN(C)CCCc1nc2ccccc2[nH]1)OC(=O)CC1CC1. The van der Waals surface area contributed by atoms with E-state index in [1.807, 2.05) is 24.3 Å². The van der Waals surface area contributed by atoms with Crippen LogP contribution in [0, 0.1) is 17.7 Å². The van der Waals surface area contributed by atoms with Gasteiger partial charge in [-0.1, -0.05) is 32.0 Å². The summed E-state index contributed by atoms with van der Waals surface area (Å²) in [6.45, 7) is 6.18. The van der Waals surface area contributed by atoms with Gasteiger partial charge in [-0.3, -0.25) is 4.79 Å². The van der Waals surface area contributed by atoms with Crippen LogP contribution in [-0.4, -0.2) is 46.6 Å². The van der Waals surface area contributed by atoms with Crippen LogP contribution in [0.5, 0.6) is 0 Å². The van der Waals surface area contributed by atoms with E-state index < -0.39 is 5.60 Å². The number of ether oxygens (including phenoxy) is 1. The fraction of sp³-hybridized carbons (Fsp3) is 0.548. The van der Waals surface area contributed by atoms with Crippen molar-refractivity contribution in [2.75, 3.05) is 20.1 Å². The molecule has 0 amide bonds. The molecule has 0 aliphatic heterocycles. The number of rotatable bonds is 11. The zero-order chi connectivity index (χ0) is 26.0. The molecule has 1 aromatic heterocycles. The van der Waals surface area contributed by atoms with Gasteiger partial charge in [0.25, 0.3) is 0 Å². The molecule has 0 radical (unpaired) electrons. The molecule has 0 saturated heterocycles. The van der Waals surface area contributed by atoms with E-state index in [-0.39, 0.29) is 23.6 Å². The number of carbonyl (C=O) groups is 1. The molecule has 6 heteroatoms. The molecule has 2 aliphatic carbocycles. The van der Waals surface area contributed by atoms with E-state index in [1.165, 1.54) is 0 Å². The first-order valence-corrected chi connectivity index (χ1v) is 14.0. The number of benzene rings is 2. The molecule has 3 aromatic rings. The van der Waals surface area contributed by atoms with Gasteiger partial charge in [-0.05, 0) is 92.9 Å². The zero-order valence-corrected chi connectivity index (χ0v) is 22.4. The Labute approximate surface area is 219 Å². The van der Waals surface area contributed by atoms with Crippen molar-refractivity contribution in [2.45, 2.75) is 76.7 Å². The van der Waals surface area contributed by atoms with Crippen molar-refractivity contribution in [1.29, 1.82) is 0 Å². The van der Waals surface area contributed by atoms with E-state index >= 15 is 0 Å². The molecule has 2 aromatic carbocycles. The zero-order valence-electron chi connectivity index (χ0n) is 22.4. The number of aromatic amines is 1. The Hall–Kier alpha value is -2.73. The van der Waals surface area contributed by atoms with Crippen molar-refractivity contribution in [3.05, 3.63) is 65.2 Å². The molecule has 2 atom stereocenters. The molecule has 0 unspecified atom stereocenters. The minimum atomic E-state index is -0.558. The monoisotopic (exact) mass is 505 g/mol. The molecule has 5 nitrogen and oxygen atoms in total. The van der Waals surface area contributed by atoms with Crippen molar-refractivity contribution < 1.29 is 13.9 Å². The van der Waals surface area contributed by atoms with Gasteiger partial charge in [0.15, 0.2) is 0 Å². The third-order valence-electron chi connectivity index (χ3n) is 8.27. The van der Waals surface area contributed by atoms with Crippen molar-refractivity contribution in [2.24, 2.45) is 11.8 Å². The van der Waals surface area contributed by atoms with Gasteiger partial charge in [-0.2, -0.15) is 0 Å².